The maximum Gasteiger partial charge on any atom is 0.115 e. The zero-order chi connectivity index (χ0) is 10.3. The first-order chi connectivity index (χ1) is 7.45. The van der Waals surface area contributed by atoms with Crippen LogP contribution in [0, 0.1) is 0 Å². The van der Waals surface area contributed by atoms with E-state index >= 15 is 0 Å². The smallest absolute Gasteiger partial charge is 0.115 e. The molecule has 2 heterocycles. The molecule has 4 heteroatoms. The van der Waals surface area contributed by atoms with E-state index in [1.807, 2.05) is 6.07 Å². The number of ether oxygens (including phenoxy) is 1. The Kier molecular flexibility index (Phi) is 4.05. The number of rotatable bonds is 5. The second-order valence-corrected chi connectivity index (χ2v) is 3.80. The molecule has 1 aliphatic rings. The first-order valence-corrected chi connectivity index (χ1v) is 5.52. The molecule has 1 N–H and O–H groups in total. The molecule has 0 amide bonds. The van der Waals surface area contributed by atoms with Crippen molar-refractivity contribution in [1.82, 2.24) is 15.3 Å². The Morgan fingerprint density at radius 3 is 3.27 bits per heavy atom. The van der Waals surface area contributed by atoms with Gasteiger partial charge in [-0.25, -0.2) is 9.97 Å². The van der Waals surface area contributed by atoms with Gasteiger partial charge in [-0.3, -0.25) is 0 Å². The fraction of sp³-hybridized carbons (Fsp3) is 0.636. The van der Waals surface area contributed by atoms with Gasteiger partial charge in [0.25, 0.3) is 0 Å². The van der Waals surface area contributed by atoms with Crippen LogP contribution in [0.15, 0.2) is 18.6 Å². The zero-order valence-corrected chi connectivity index (χ0v) is 8.85. The quantitative estimate of drug-likeness (QED) is 0.735. The van der Waals surface area contributed by atoms with E-state index in [-0.39, 0.29) is 0 Å². The summed E-state index contributed by atoms with van der Waals surface area (Å²) in [6.07, 6.45) is 7.36. The molecular formula is C11H17N3O. The van der Waals surface area contributed by atoms with Gasteiger partial charge in [-0.2, -0.15) is 0 Å². The fourth-order valence-corrected chi connectivity index (χ4v) is 1.77. The number of nitrogens with zero attached hydrogens (tertiary/aromatic N) is 2. The third-order valence-electron chi connectivity index (χ3n) is 2.62. The van der Waals surface area contributed by atoms with Crippen LogP contribution in [0.3, 0.4) is 0 Å². The molecule has 2 rings (SSSR count). The minimum absolute atomic E-state index is 0.475. The van der Waals surface area contributed by atoms with Crippen LogP contribution in [0.1, 0.15) is 25.0 Å². The predicted molar refractivity (Wildman–Crippen MR) is 57.3 cm³/mol. The molecule has 0 saturated carbocycles. The van der Waals surface area contributed by atoms with Crippen molar-refractivity contribution in [3.05, 3.63) is 24.3 Å². The average Bonchev–Trinajstić information content (AvgIpc) is 2.79. The van der Waals surface area contributed by atoms with E-state index in [4.69, 9.17) is 4.74 Å². The van der Waals surface area contributed by atoms with Crippen LogP contribution in [-0.4, -0.2) is 29.2 Å². The summed E-state index contributed by atoms with van der Waals surface area (Å²) < 4.78 is 5.54. The highest BCUT2D eigenvalue weighted by molar-refractivity contribution is 4.96. The molecule has 0 spiro atoms. The van der Waals surface area contributed by atoms with Gasteiger partial charge in [-0.05, 0) is 31.9 Å². The molecule has 0 aromatic carbocycles. The Morgan fingerprint density at radius 2 is 2.53 bits per heavy atom. The molecule has 4 nitrogen and oxygen atoms in total. The van der Waals surface area contributed by atoms with Gasteiger partial charge in [0.2, 0.25) is 0 Å². The van der Waals surface area contributed by atoms with Crippen molar-refractivity contribution in [2.75, 3.05) is 13.2 Å². The maximum absolute atomic E-state index is 5.54. The molecule has 1 aliphatic heterocycles. The molecule has 82 valence electrons. The van der Waals surface area contributed by atoms with Crippen LogP contribution in [-0.2, 0) is 11.3 Å². The summed E-state index contributed by atoms with van der Waals surface area (Å²) in [5.41, 5.74) is 1.04. The van der Waals surface area contributed by atoms with Crippen molar-refractivity contribution in [1.29, 1.82) is 0 Å². The summed E-state index contributed by atoms with van der Waals surface area (Å²) in [6, 6.07) is 1.93. The summed E-state index contributed by atoms with van der Waals surface area (Å²) in [5, 5.41) is 3.36. The molecule has 0 radical (unpaired) electrons. The second-order valence-electron chi connectivity index (χ2n) is 3.80. The predicted octanol–water partition coefficient (Wildman–Crippen LogP) is 1.14. The highest BCUT2D eigenvalue weighted by Crippen LogP contribution is 2.14. The van der Waals surface area contributed by atoms with Gasteiger partial charge in [0.1, 0.15) is 6.33 Å². The van der Waals surface area contributed by atoms with Gasteiger partial charge >= 0.3 is 0 Å². The van der Waals surface area contributed by atoms with Gasteiger partial charge < -0.3 is 10.1 Å². The monoisotopic (exact) mass is 207 g/mol. The standard InChI is InChI=1S/C11H17N3O/c1-2-11(15-7-1)4-6-12-8-10-3-5-13-9-14-10/h3,5,9,11-12H,1-2,4,6-8H2. The highest BCUT2D eigenvalue weighted by atomic mass is 16.5. The van der Waals surface area contributed by atoms with Crippen molar-refractivity contribution >= 4 is 0 Å². The van der Waals surface area contributed by atoms with Crippen LogP contribution >= 0.6 is 0 Å². The fourth-order valence-electron chi connectivity index (χ4n) is 1.77. The molecule has 1 unspecified atom stereocenters. The molecule has 1 fully saturated rings. The highest BCUT2D eigenvalue weighted by Gasteiger charge is 2.14. The average molecular weight is 207 g/mol. The molecular weight excluding hydrogens is 190 g/mol. The van der Waals surface area contributed by atoms with Gasteiger partial charge in [-0.15, -0.1) is 0 Å². The van der Waals surface area contributed by atoms with Crippen molar-refractivity contribution < 1.29 is 4.74 Å². The Hall–Kier alpha value is -1.00. The number of aromatic nitrogens is 2. The van der Waals surface area contributed by atoms with Gasteiger partial charge in [-0.1, -0.05) is 0 Å². The molecule has 0 aliphatic carbocycles. The molecule has 1 aromatic rings. The Labute approximate surface area is 90.1 Å². The normalized spacial score (nSPS) is 20.7. The van der Waals surface area contributed by atoms with E-state index in [1.54, 1.807) is 12.5 Å². The third-order valence-corrected chi connectivity index (χ3v) is 2.62. The van der Waals surface area contributed by atoms with Crippen LogP contribution in [0.4, 0.5) is 0 Å². The van der Waals surface area contributed by atoms with E-state index in [9.17, 15) is 0 Å². The summed E-state index contributed by atoms with van der Waals surface area (Å²) >= 11 is 0. The van der Waals surface area contributed by atoms with Crippen LogP contribution in [0.2, 0.25) is 0 Å². The topological polar surface area (TPSA) is 47.0 Å². The van der Waals surface area contributed by atoms with E-state index in [0.29, 0.717) is 6.10 Å². The lowest BCUT2D eigenvalue weighted by molar-refractivity contribution is 0.104. The van der Waals surface area contributed by atoms with Crippen molar-refractivity contribution in [3.63, 3.8) is 0 Å². The third kappa shape index (κ3) is 3.57. The SMILES string of the molecule is c1cc(CNCCC2CCCO2)ncn1. The molecule has 1 atom stereocenters. The van der Waals surface area contributed by atoms with Crippen molar-refractivity contribution in [3.8, 4) is 0 Å². The molecule has 15 heavy (non-hydrogen) atoms. The first kappa shape index (κ1) is 10.5. The van der Waals surface area contributed by atoms with Gasteiger partial charge in [0.05, 0.1) is 11.8 Å². The van der Waals surface area contributed by atoms with E-state index < -0.39 is 0 Å². The molecule has 0 bridgehead atoms. The van der Waals surface area contributed by atoms with E-state index in [0.717, 1.165) is 31.8 Å². The van der Waals surface area contributed by atoms with Gasteiger partial charge in [0, 0.05) is 19.3 Å². The van der Waals surface area contributed by atoms with E-state index in [2.05, 4.69) is 15.3 Å². The van der Waals surface area contributed by atoms with Crippen molar-refractivity contribution in [2.24, 2.45) is 0 Å². The minimum Gasteiger partial charge on any atom is -0.378 e. The molecule has 1 aromatic heterocycles. The molecule has 1 saturated heterocycles. The van der Waals surface area contributed by atoms with Gasteiger partial charge in [0.15, 0.2) is 0 Å². The Morgan fingerprint density at radius 1 is 1.53 bits per heavy atom. The first-order valence-electron chi connectivity index (χ1n) is 5.52. The van der Waals surface area contributed by atoms with Crippen LogP contribution in [0.5, 0.6) is 0 Å². The number of hydrogen-bond acceptors (Lipinski definition) is 4. The van der Waals surface area contributed by atoms with Crippen LogP contribution < -0.4 is 5.32 Å². The maximum atomic E-state index is 5.54. The minimum atomic E-state index is 0.475. The lowest BCUT2D eigenvalue weighted by Gasteiger charge is -2.09. The lowest BCUT2D eigenvalue weighted by atomic mass is 10.2. The van der Waals surface area contributed by atoms with Crippen LogP contribution in [0.25, 0.3) is 0 Å². The zero-order valence-electron chi connectivity index (χ0n) is 8.85. The van der Waals surface area contributed by atoms with E-state index in [1.165, 1.54) is 12.8 Å². The lowest BCUT2D eigenvalue weighted by Crippen LogP contribution is -2.20. The Balaban J connectivity index is 1.59. The number of hydrogen-bond donors (Lipinski definition) is 1. The second kappa shape index (κ2) is 5.78. The Bertz CT molecular complexity index is 272. The summed E-state index contributed by atoms with van der Waals surface area (Å²) in [5.74, 6) is 0. The van der Waals surface area contributed by atoms with Crippen molar-refractivity contribution in [2.45, 2.75) is 31.9 Å². The summed E-state index contributed by atoms with van der Waals surface area (Å²) in [6.45, 7) is 2.75. The summed E-state index contributed by atoms with van der Waals surface area (Å²) in [7, 11) is 0. The largest absolute Gasteiger partial charge is 0.378 e. The number of nitrogens with one attached hydrogen (secondary N) is 1. The summed E-state index contributed by atoms with van der Waals surface area (Å²) in [4.78, 5) is 8.02.